The number of amides is 1. The Labute approximate surface area is 171 Å². The van der Waals surface area contributed by atoms with E-state index in [1.165, 1.54) is 27.6 Å². The van der Waals surface area contributed by atoms with Crippen LogP contribution in [0, 0.1) is 5.92 Å². The van der Waals surface area contributed by atoms with E-state index in [4.69, 9.17) is 0 Å². The Morgan fingerprint density at radius 3 is 2.54 bits per heavy atom. The highest BCUT2D eigenvalue weighted by Crippen LogP contribution is 2.34. The van der Waals surface area contributed by atoms with Crippen LogP contribution in [-0.4, -0.2) is 49.7 Å². The molecule has 2 aromatic rings. The molecule has 4 rings (SSSR count). The zero-order valence-electron chi connectivity index (χ0n) is 16.1. The highest BCUT2D eigenvalue weighted by Gasteiger charge is 2.31. The number of hydrogen-bond acceptors (Lipinski definition) is 4. The van der Waals surface area contributed by atoms with Crippen molar-refractivity contribution in [2.24, 2.45) is 5.92 Å². The molecule has 1 atom stereocenters. The standard InChI is InChI=1S/C21H26N2O3S2/c1-2-16-8-9-19-17(14-16)15-20(27-19)21(24)22-10-12-23(13-11-22)28(25,26)18-6-4-3-5-7-18/h3-7,15-16H,2,8-14H2,1H3/t16-/m0/s1. The van der Waals surface area contributed by atoms with Crippen molar-refractivity contribution < 1.29 is 13.2 Å². The summed E-state index contributed by atoms with van der Waals surface area (Å²) in [4.78, 5) is 17.2. The molecular formula is C21H26N2O3S2. The van der Waals surface area contributed by atoms with Crippen molar-refractivity contribution in [3.8, 4) is 0 Å². The zero-order valence-corrected chi connectivity index (χ0v) is 17.8. The Hall–Kier alpha value is -1.70. The van der Waals surface area contributed by atoms with Crippen LogP contribution in [0.3, 0.4) is 0 Å². The lowest BCUT2D eigenvalue weighted by Crippen LogP contribution is -2.50. The molecule has 2 aliphatic rings. The summed E-state index contributed by atoms with van der Waals surface area (Å²) in [7, 11) is -3.49. The average Bonchev–Trinajstić information content (AvgIpc) is 3.17. The molecule has 0 radical (unpaired) electrons. The average molecular weight is 419 g/mol. The molecule has 1 fully saturated rings. The van der Waals surface area contributed by atoms with E-state index in [-0.39, 0.29) is 5.91 Å². The fourth-order valence-corrected chi connectivity index (χ4v) is 6.70. The number of sulfonamides is 1. The Balaban J connectivity index is 1.42. The van der Waals surface area contributed by atoms with E-state index in [0.717, 1.165) is 23.6 Å². The van der Waals surface area contributed by atoms with Crippen LogP contribution < -0.4 is 0 Å². The summed E-state index contributed by atoms with van der Waals surface area (Å²) in [6.07, 6.45) is 4.57. The summed E-state index contributed by atoms with van der Waals surface area (Å²) in [5, 5.41) is 0. The fraction of sp³-hybridized carbons (Fsp3) is 0.476. The van der Waals surface area contributed by atoms with Crippen LogP contribution in [0.15, 0.2) is 41.3 Å². The predicted octanol–water partition coefficient (Wildman–Crippen LogP) is 3.41. The molecule has 1 saturated heterocycles. The van der Waals surface area contributed by atoms with Gasteiger partial charge in [0.15, 0.2) is 0 Å². The minimum atomic E-state index is -3.49. The van der Waals surface area contributed by atoms with E-state index in [2.05, 4.69) is 13.0 Å². The van der Waals surface area contributed by atoms with Crippen molar-refractivity contribution in [1.82, 2.24) is 9.21 Å². The molecular weight excluding hydrogens is 392 g/mol. The van der Waals surface area contributed by atoms with Crippen LogP contribution in [0.5, 0.6) is 0 Å². The number of hydrogen-bond donors (Lipinski definition) is 0. The second-order valence-corrected chi connectivity index (χ2v) is 10.7. The van der Waals surface area contributed by atoms with Crippen LogP contribution >= 0.6 is 11.3 Å². The number of nitrogens with zero attached hydrogens (tertiary/aromatic N) is 2. The molecule has 0 N–H and O–H groups in total. The number of carbonyl (C=O) groups is 1. The Morgan fingerprint density at radius 2 is 1.86 bits per heavy atom. The lowest BCUT2D eigenvalue weighted by atomic mass is 9.87. The molecule has 1 aromatic heterocycles. The van der Waals surface area contributed by atoms with Gasteiger partial charge in [-0.2, -0.15) is 4.31 Å². The third-order valence-electron chi connectivity index (χ3n) is 5.88. The molecule has 0 spiro atoms. The Kier molecular flexibility index (Phi) is 5.58. The lowest BCUT2D eigenvalue weighted by molar-refractivity contribution is 0.0702. The molecule has 28 heavy (non-hydrogen) atoms. The maximum Gasteiger partial charge on any atom is 0.264 e. The number of thiophene rings is 1. The van der Waals surface area contributed by atoms with E-state index in [1.807, 2.05) is 0 Å². The number of fused-ring (bicyclic) bond motifs is 1. The zero-order chi connectivity index (χ0) is 19.7. The van der Waals surface area contributed by atoms with E-state index in [9.17, 15) is 13.2 Å². The summed E-state index contributed by atoms with van der Waals surface area (Å²) < 4.78 is 27.0. The van der Waals surface area contributed by atoms with Gasteiger partial charge in [-0.3, -0.25) is 4.79 Å². The number of piperazine rings is 1. The highest BCUT2D eigenvalue weighted by atomic mass is 32.2. The quantitative estimate of drug-likeness (QED) is 0.765. The first-order valence-corrected chi connectivity index (χ1v) is 12.2. The molecule has 0 saturated carbocycles. The molecule has 1 aliphatic carbocycles. The molecule has 1 aromatic carbocycles. The molecule has 150 valence electrons. The van der Waals surface area contributed by atoms with Gasteiger partial charge in [-0.1, -0.05) is 31.5 Å². The van der Waals surface area contributed by atoms with Crippen molar-refractivity contribution in [2.75, 3.05) is 26.2 Å². The van der Waals surface area contributed by atoms with Gasteiger partial charge in [-0.05, 0) is 48.9 Å². The normalized spacial score (nSPS) is 20.8. The number of carbonyl (C=O) groups excluding carboxylic acids is 1. The molecule has 0 unspecified atom stereocenters. The van der Waals surface area contributed by atoms with Gasteiger partial charge in [-0.15, -0.1) is 11.3 Å². The summed E-state index contributed by atoms with van der Waals surface area (Å²) in [6, 6.07) is 10.6. The smallest absolute Gasteiger partial charge is 0.264 e. The minimum Gasteiger partial charge on any atom is -0.335 e. The number of rotatable bonds is 4. The molecule has 2 heterocycles. The predicted molar refractivity (Wildman–Crippen MR) is 111 cm³/mol. The molecule has 0 bridgehead atoms. The van der Waals surface area contributed by atoms with Gasteiger partial charge in [0.1, 0.15) is 0 Å². The van der Waals surface area contributed by atoms with Gasteiger partial charge in [0.05, 0.1) is 9.77 Å². The van der Waals surface area contributed by atoms with Gasteiger partial charge in [0.2, 0.25) is 10.0 Å². The van der Waals surface area contributed by atoms with Gasteiger partial charge in [-0.25, -0.2) is 8.42 Å². The van der Waals surface area contributed by atoms with Gasteiger partial charge >= 0.3 is 0 Å². The maximum absolute atomic E-state index is 13.0. The highest BCUT2D eigenvalue weighted by molar-refractivity contribution is 7.89. The maximum atomic E-state index is 13.0. The second kappa shape index (κ2) is 7.97. The van der Waals surface area contributed by atoms with E-state index in [0.29, 0.717) is 31.1 Å². The topological polar surface area (TPSA) is 57.7 Å². The molecule has 5 nitrogen and oxygen atoms in total. The third-order valence-corrected chi connectivity index (χ3v) is 9.02. The summed E-state index contributed by atoms with van der Waals surface area (Å²) >= 11 is 1.63. The van der Waals surface area contributed by atoms with Crippen LogP contribution in [0.2, 0.25) is 0 Å². The Bertz CT molecular complexity index is 945. The van der Waals surface area contributed by atoms with Gasteiger partial charge in [0, 0.05) is 31.1 Å². The number of benzene rings is 1. The van der Waals surface area contributed by atoms with E-state index in [1.54, 1.807) is 46.6 Å². The van der Waals surface area contributed by atoms with E-state index >= 15 is 0 Å². The molecule has 7 heteroatoms. The molecule has 1 aliphatic heterocycles. The van der Waals surface area contributed by atoms with Gasteiger partial charge in [0.25, 0.3) is 5.91 Å². The summed E-state index contributed by atoms with van der Waals surface area (Å²) in [6.45, 7) is 3.78. The first kappa shape index (κ1) is 19.6. The van der Waals surface area contributed by atoms with Crippen molar-refractivity contribution in [3.63, 3.8) is 0 Å². The van der Waals surface area contributed by atoms with Crippen LogP contribution in [-0.2, 0) is 22.9 Å². The van der Waals surface area contributed by atoms with Crippen LogP contribution in [0.25, 0.3) is 0 Å². The first-order valence-electron chi connectivity index (χ1n) is 9.95. The number of aryl methyl sites for hydroxylation is 1. The van der Waals surface area contributed by atoms with Crippen molar-refractivity contribution >= 4 is 27.3 Å². The van der Waals surface area contributed by atoms with E-state index < -0.39 is 10.0 Å². The van der Waals surface area contributed by atoms with Crippen LogP contribution in [0.1, 0.15) is 39.9 Å². The van der Waals surface area contributed by atoms with Gasteiger partial charge < -0.3 is 4.90 Å². The molecule has 1 amide bonds. The van der Waals surface area contributed by atoms with Crippen molar-refractivity contribution in [2.45, 2.75) is 37.5 Å². The fourth-order valence-electron chi connectivity index (χ4n) is 4.08. The largest absolute Gasteiger partial charge is 0.335 e. The second-order valence-electron chi connectivity index (χ2n) is 7.59. The van der Waals surface area contributed by atoms with Crippen molar-refractivity contribution in [3.05, 3.63) is 51.7 Å². The summed E-state index contributed by atoms with van der Waals surface area (Å²) in [5.74, 6) is 0.779. The van der Waals surface area contributed by atoms with Crippen molar-refractivity contribution in [1.29, 1.82) is 0 Å². The lowest BCUT2D eigenvalue weighted by Gasteiger charge is -2.33. The monoisotopic (exact) mass is 418 g/mol. The SMILES string of the molecule is CC[C@H]1CCc2sc(C(=O)N3CCN(S(=O)(=O)c4ccccc4)CC3)cc2C1. The first-order chi connectivity index (χ1) is 13.5. The Morgan fingerprint density at radius 1 is 1.14 bits per heavy atom. The van der Waals surface area contributed by atoms with Crippen LogP contribution in [0.4, 0.5) is 0 Å². The minimum absolute atomic E-state index is 0.0456. The third kappa shape index (κ3) is 3.75. The summed E-state index contributed by atoms with van der Waals surface area (Å²) in [5.41, 5.74) is 1.34.